The lowest BCUT2D eigenvalue weighted by atomic mass is 9.59. The Hall–Kier alpha value is -1.96. The van der Waals surface area contributed by atoms with Gasteiger partial charge in [0.15, 0.2) is 0 Å². The zero-order valence-electron chi connectivity index (χ0n) is 12.5. The Labute approximate surface area is 126 Å². The topological polar surface area (TPSA) is 18.5 Å². The van der Waals surface area contributed by atoms with Crippen LogP contribution in [0.1, 0.15) is 19.3 Å². The summed E-state index contributed by atoms with van der Waals surface area (Å²) < 4.78 is 10.9. The molecule has 0 amide bonds. The van der Waals surface area contributed by atoms with Crippen molar-refractivity contribution in [3.63, 3.8) is 0 Å². The molecule has 2 bridgehead atoms. The number of ether oxygens (including phenoxy) is 2. The molecule has 1 saturated carbocycles. The highest BCUT2D eigenvalue weighted by Gasteiger charge is 2.41. The van der Waals surface area contributed by atoms with E-state index in [1.54, 1.807) is 7.11 Å². The molecule has 1 fully saturated rings. The lowest BCUT2D eigenvalue weighted by Gasteiger charge is -2.45. The second kappa shape index (κ2) is 5.80. The summed E-state index contributed by atoms with van der Waals surface area (Å²) in [6.45, 7) is 4.01. The van der Waals surface area contributed by atoms with Gasteiger partial charge in [0.25, 0.3) is 0 Å². The molecule has 2 heteroatoms. The van der Waals surface area contributed by atoms with E-state index in [1.807, 2.05) is 30.5 Å². The summed E-state index contributed by atoms with van der Waals surface area (Å²) >= 11 is 0. The standard InChI is InChI=1S/C19H22O2/c1-3-16-14-15-8-10-19(16,11-9-15)12-13-21-18-6-4-17(20-2)5-7-18/h3-8,10,12-13,15-16H,1,9,11,14H2,2H3/b13-12-. The minimum Gasteiger partial charge on any atom is -0.497 e. The van der Waals surface area contributed by atoms with Crippen molar-refractivity contribution >= 4 is 0 Å². The summed E-state index contributed by atoms with van der Waals surface area (Å²) in [6.07, 6.45) is 14.5. The Morgan fingerprint density at radius 3 is 2.62 bits per heavy atom. The molecular formula is C19H22O2. The van der Waals surface area contributed by atoms with Crippen LogP contribution in [-0.2, 0) is 0 Å². The number of hydrogen-bond acceptors (Lipinski definition) is 2. The predicted octanol–water partition coefficient (Wildman–Crippen LogP) is 4.75. The molecule has 0 N–H and O–H groups in total. The lowest BCUT2D eigenvalue weighted by Crippen LogP contribution is -2.36. The van der Waals surface area contributed by atoms with Crippen LogP contribution >= 0.6 is 0 Å². The fraction of sp³-hybridized carbons (Fsp3) is 0.368. The van der Waals surface area contributed by atoms with E-state index in [4.69, 9.17) is 9.47 Å². The smallest absolute Gasteiger partial charge is 0.126 e. The van der Waals surface area contributed by atoms with Crippen LogP contribution in [0.15, 0.2) is 61.4 Å². The molecule has 110 valence electrons. The molecule has 3 aliphatic rings. The fourth-order valence-corrected chi connectivity index (χ4v) is 3.45. The van der Waals surface area contributed by atoms with Crippen LogP contribution in [0, 0.1) is 17.3 Å². The fourth-order valence-electron chi connectivity index (χ4n) is 3.45. The van der Waals surface area contributed by atoms with E-state index < -0.39 is 0 Å². The molecule has 3 atom stereocenters. The van der Waals surface area contributed by atoms with Crippen LogP contribution < -0.4 is 9.47 Å². The number of rotatable bonds is 5. The van der Waals surface area contributed by atoms with Crippen LogP contribution in [0.3, 0.4) is 0 Å². The Morgan fingerprint density at radius 1 is 1.24 bits per heavy atom. The molecule has 3 unspecified atom stereocenters. The molecule has 0 heterocycles. The quantitative estimate of drug-likeness (QED) is 0.573. The summed E-state index contributed by atoms with van der Waals surface area (Å²) in [4.78, 5) is 0. The van der Waals surface area contributed by atoms with Gasteiger partial charge in [0.1, 0.15) is 11.5 Å². The summed E-state index contributed by atoms with van der Waals surface area (Å²) in [5.41, 5.74) is 0.100. The molecule has 21 heavy (non-hydrogen) atoms. The minimum atomic E-state index is 0.100. The van der Waals surface area contributed by atoms with Crippen LogP contribution in [0.25, 0.3) is 0 Å². The van der Waals surface area contributed by atoms with Crippen molar-refractivity contribution in [1.82, 2.24) is 0 Å². The first kappa shape index (κ1) is 14.0. The molecule has 4 rings (SSSR count). The molecule has 0 spiro atoms. The van der Waals surface area contributed by atoms with E-state index in [2.05, 4.69) is 30.9 Å². The number of allylic oxidation sites excluding steroid dienone is 4. The SMILES string of the molecule is C=CC1CC2C=CC1(/C=C\Oc1ccc(OC)cc1)CC2. The van der Waals surface area contributed by atoms with Crippen LogP contribution in [0.5, 0.6) is 11.5 Å². The van der Waals surface area contributed by atoms with Crippen molar-refractivity contribution in [2.24, 2.45) is 17.3 Å². The molecule has 2 nitrogen and oxygen atoms in total. The van der Waals surface area contributed by atoms with Gasteiger partial charge in [-0.2, -0.15) is 0 Å². The molecule has 3 aliphatic carbocycles. The first-order chi connectivity index (χ1) is 10.3. The van der Waals surface area contributed by atoms with Gasteiger partial charge in [-0.3, -0.25) is 0 Å². The Morgan fingerprint density at radius 2 is 2.00 bits per heavy atom. The molecule has 1 aromatic carbocycles. The maximum Gasteiger partial charge on any atom is 0.126 e. The van der Waals surface area contributed by atoms with Crippen molar-refractivity contribution in [1.29, 1.82) is 0 Å². The molecular weight excluding hydrogens is 260 g/mol. The number of hydrogen-bond donors (Lipinski definition) is 0. The number of fused-ring (bicyclic) bond motifs is 2. The third-order valence-electron chi connectivity index (χ3n) is 4.80. The summed E-state index contributed by atoms with van der Waals surface area (Å²) in [5.74, 6) is 2.93. The third kappa shape index (κ3) is 2.76. The minimum absolute atomic E-state index is 0.100. The molecule has 0 saturated heterocycles. The van der Waals surface area contributed by atoms with E-state index in [0.29, 0.717) is 5.92 Å². The van der Waals surface area contributed by atoms with E-state index in [9.17, 15) is 0 Å². The second-order valence-electron chi connectivity index (χ2n) is 5.94. The van der Waals surface area contributed by atoms with Crippen molar-refractivity contribution in [2.75, 3.05) is 7.11 Å². The first-order valence-electron chi connectivity index (χ1n) is 7.56. The summed E-state index contributed by atoms with van der Waals surface area (Å²) in [5, 5.41) is 0. The van der Waals surface area contributed by atoms with Gasteiger partial charge in [-0.25, -0.2) is 0 Å². The van der Waals surface area contributed by atoms with Crippen molar-refractivity contribution in [3.05, 3.63) is 61.4 Å². The van der Waals surface area contributed by atoms with Gasteiger partial charge in [0.2, 0.25) is 0 Å². The highest BCUT2D eigenvalue weighted by molar-refractivity contribution is 5.32. The second-order valence-corrected chi connectivity index (χ2v) is 5.94. The average Bonchev–Trinajstić information content (AvgIpc) is 2.56. The maximum absolute atomic E-state index is 5.74. The number of methoxy groups -OCH3 is 1. The van der Waals surface area contributed by atoms with Gasteiger partial charge in [0, 0.05) is 5.41 Å². The Bertz CT molecular complexity index is 555. The highest BCUT2D eigenvalue weighted by atomic mass is 16.5. The monoisotopic (exact) mass is 282 g/mol. The summed E-state index contributed by atoms with van der Waals surface area (Å²) in [6, 6.07) is 7.64. The van der Waals surface area contributed by atoms with Crippen LogP contribution in [0.2, 0.25) is 0 Å². The largest absolute Gasteiger partial charge is 0.497 e. The van der Waals surface area contributed by atoms with Gasteiger partial charge in [-0.15, -0.1) is 6.58 Å². The van der Waals surface area contributed by atoms with Crippen molar-refractivity contribution in [2.45, 2.75) is 19.3 Å². The van der Waals surface area contributed by atoms with Gasteiger partial charge in [-0.1, -0.05) is 18.2 Å². The van der Waals surface area contributed by atoms with Gasteiger partial charge in [-0.05, 0) is 61.4 Å². The Balaban J connectivity index is 1.70. The zero-order valence-corrected chi connectivity index (χ0v) is 12.5. The zero-order chi connectivity index (χ0) is 14.7. The lowest BCUT2D eigenvalue weighted by molar-refractivity contribution is 0.189. The molecule has 1 aromatic rings. The Kier molecular flexibility index (Phi) is 3.87. The molecule has 0 radical (unpaired) electrons. The normalized spacial score (nSPS) is 30.5. The first-order valence-corrected chi connectivity index (χ1v) is 7.56. The highest BCUT2D eigenvalue weighted by Crippen LogP contribution is 2.51. The van der Waals surface area contributed by atoms with Crippen molar-refractivity contribution < 1.29 is 9.47 Å². The van der Waals surface area contributed by atoms with Crippen molar-refractivity contribution in [3.8, 4) is 11.5 Å². The van der Waals surface area contributed by atoms with E-state index in [-0.39, 0.29) is 5.41 Å². The number of benzene rings is 1. The summed E-state index contributed by atoms with van der Waals surface area (Å²) in [7, 11) is 1.66. The maximum atomic E-state index is 5.74. The van der Waals surface area contributed by atoms with Crippen LogP contribution in [-0.4, -0.2) is 7.11 Å². The van der Waals surface area contributed by atoms with Gasteiger partial charge in [0.05, 0.1) is 13.4 Å². The predicted molar refractivity (Wildman–Crippen MR) is 85.4 cm³/mol. The molecule has 0 aromatic heterocycles. The van der Waals surface area contributed by atoms with E-state index in [1.165, 1.54) is 19.3 Å². The van der Waals surface area contributed by atoms with E-state index >= 15 is 0 Å². The van der Waals surface area contributed by atoms with E-state index in [0.717, 1.165) is 17.4 Å². The van der Waals surface area contributed by atoms with Crippen LogP contribution in [0.4, 0.5) is 0 Å². The molecule has 0 aliphatic heterocycles. The third-order valence-corrected chi connectivity index (χ3v) is 4.80. The van der Waals surface area contributed by atoms with Gasteiger partial charge < -0.3 is 9.47 Å². The average molecular weight is 282 g/mol. The van der Waals surface area contributed by atoms with Gasteiger partial charge >= 0.3 is 0 Å².